The number of nitrogens with two attached hydrogens (primary N) is 1. The van der Waals surface area contributed by atoms with Gasteiger partial charge in [-0.15, -0.1) is 10.2 Å². The smallest absolute Gasteiger partial charge is 0.203 e. The first-order valence-electron chi connectivity index (χ1n) is 3.10. The summed E-state index contributed by atoms with van der Waals surface area (Å²) in [6, 6.07) is 0. The number of hydrogen-bond donors (Lipinski definition) is 1. The van der Waals surface area contributed by atoms with Gasteiger partial charge < -0.3 is 5.73 Å². The van der Waals surface area contributed by atoms with Crippen LogP contribution in [0.15, 0.2) is 4.34 Å². The van der Waals surface area contributed by atoms with Crippen LogP contribution in [0.3, 0.4) is 0 Å². The second-order valence-electron chi connectivity index (χ2n) is 1.80. The third kappa shape index (κ3) is 3.02. The number of hydrogen-bond acceptors (Lipinski definition) is 5. The average molecular weight is 193 g/mol. The Morgan fingerprint density at radius 2 is 2.36 bits per heavy atom. The molecule has 1 aromatic rings. The lowest BCUT2D eigenvalue weighted by atomic mass is 10.6. The highest BCUT2D eigenvalue weighted by Gasteiger charge is 1.99. The van der Waals surface area contributed by atoms with Gasteiger partial charge in [-0.2, -0.15) is 0 Å². The Morgan fingerprint density at radius 1 is 1.55 bits per heavy atom. The van der Waals surface area contributed by atoms with Gasteiger partial charge in [-0.25, -0.2) is 0 Å². The van der Waals surface area contributed by atoms with Crippen molar-refractivity contribution in [1.82, 2.24) is 10.2 Å². The van der Waals surface area contributed by atoms with Crippen LogP contribution >= 0.6 is 23.1 Å². The van der Waals surface area contributed by atoms with Gasteiger partial charge in [-0.3, -0.25) is 4.39 Å². The van der Waals surface area contributed by atoms with Crippen molar-refractivity contribution >= 4 is 28.2 Å². The van der Waals surface area contributed by atoms with E-state index in [1.807, 2.05) is 0 Å². The third-order valence-corrected chi connectivity index (χ3v) is 2.90. The summed E-state index contributed by atoms with van der Waals surface area (Å²) < 4.78 is 12.4. The Hall–Kier alpha value is -0.360. The summed E-state index contributed by atoms with van der Waals surface area (Å²) in [5.74, 6) is 0.741. The van der Waals surface area contributed by atoms with E-state index in [-0.39, 0.29) is 6.67 Å². The molecule has 0 saturated heterocycles. The summed E-state index contributed by atoms with van der Waals surface area (Å²) >= 11 is 2.82. The number of anilines is 1. The molecular formula is C5H8FN3S2. The van der Waals surface area contributed by atoms with Gasteiger partial charge >= 0.3 is 0 Å². The summed E-state index contributed by atoms with van der Waals surface area (Å²) in [6.45, 7) is -0.277. The predicted octanol–water partition coefficient (Wildman–Crippen LogP) is 1.57. The van der Waals surface area contributed by atoms with Crippen LogP contribution in [0.25, 0.3) is 0 Å². The standard InChI is InChI=1S/C5H8FN3S2/c6-2-1-3-10-5-9-8-4(7)11-5/h1-3H2,(H2,7,8). The molecule has 0 atom stereocenters. The molecule has 0 unspecified atom stereocenters. The summed E-state index contributed by atoms with van der Waals surface area (Å²) in [7, 11) is 0. The molecule has 2 N–H and O–H groups in total. The van der Waals surface area contributed by atoms with Crippen molar-refractivity contribution in [2.45, 2.75) is 10.8 Å². The minimum atomic E-state index is -0.277. The number of nitrogens with zero attached hydrogens (tertiary/aromatic N) is 2. The first-order valence-corrected chi connectivity index (χ1v) is 4.91. The minimum Gasteiger partial charge on any atom is -0.374 e. The van der Waals surface area contributed by atoms with Crippen LogP contribution in [0.5, 0.6) is 0 Å². The Balaban J connectivity index is 2.27. The van der Waals surface area contributed by atoms with Crippen LogP contribution in [0, 0.1) is 0 Å². The lowest BCUT2D eigenvalue weighted by Crippen LogP contribution is -1.81. The second kappa shape index (κ2) is 4.50. The van der Waals surface area contributed by atoms with Crippen LogP contribution in [0.4, 0.5) is 9.52 Å². The van der Waals surface area contributed by atoms with E-state index in [0.717, 1.165) is 10.1 Å². The van der Waals surface area contributed by atoms with E-state index >= 15 is 0 Å². The van der Waals surface area contributed by atoms with Crippen molar-refractivity contribution in [3.8, 4) is 0 Å². The number of thioether (sulfide) groups is 1. The summed E-state index contributed by atoms with van der Waals surface area (Å²) in [5.41, 5.74) is 5.34. The maximum atomic E-state index is 11.6. The highest BCUT2D eigenvalue weighted by atomic mass is 32.2. The van der Waals surface area contributed by atoms with Gasteiger partial charge in [0.15, 0.2) is 4.34 Å². The van der Waals surface area contributed by atoms with Crippen LogP contribution < -0.4 is 5.73 Å². The zero-order valence-corrected chi connectivity index (χ0v) is 7.42. The molecule has 0 spiro atoms. The molecule has 11 heavy (non-hydrogen) atoms. The number of alkyl halides is 1. The zero-order chi connectivity index (χ0) is 8.10. The molecule has 62 valence electrons. The lowest BCUT2D eigenvalue weighted by molar-refractivity contribution is 0.489. The third-order valence-electron chi connectivity index (χ3n) is 0.926. The fourth-order valence-electron chi connectivity index (χ4n) is 0.493. The van der Waals surface area contributed by atoms with Crippen LogP contribution in [0.2, 0.25) is 0 Å². The van der Waals surface area contributed by atoms with Crippen molar-refractivity contribution in [2.75, 3.05) is 18.2 Å². The van der Waals surface area contributed by atoms with Gasteiger partial charge in [0.25, 0.3) is 0 Å². The number of rotatable bonds is 4. The Morgan fingerprint density at radius 3 is 2.91 bits per heavy atom. The predicted molar refractivity (Wildman–Crippen MR) is 45.6 cm³/mol. The molecule has 3 nitrogen and oxygen atoms in total. The molecule has 0 fully saturated rings. The van der Waals surface area contributed by atoms with E-state index in [0.29, 0.717) is 11.6 Å². The van der Waals surface area contributed by atoms with Gasteiger partial charge in [-0.1, -0.05) is 23.1 Å². The molecular weight excluding hydrogens is 185 g/mol. The summed E-state index contributed by atoms with van der Waals surface area (Å²) in [5, 5.41) is 7.86. The normalized spacial score (nSPS) is 10.3. The van der Waals surface area contributed by atoms with Gasteiger partial charge in [-0.05, 0) is 6.42 Å². The maximum Gasteiger partial charge on any atom is 0.203 e. The molecule has 0 aliphatic rings. The van der Waals surface area contributed by atoms with Crippen molar-refractivity contribution in [3.05, 3.63) is 0 Å². The topological polar surface area (TPSA) is 51.8 Å². The molecule has 0 aromatic carbocycles. The minimum absolute atomic E-state index is 0.277. The molecule has 0 bridgehead atoms. The Kier molecular flexibility index (Phi) is 3.58. The molecule has 6 heteroatoms. The first kappa shape index (κ1) is 8.73. The van der Waals surface area contributed by atoms with Crippen molar-refractivity contribution in [3.63, 3.8) is 0 Å². The van der Waals surface area contributed by atoms with E-state index in [2.05, 4.69) is 10.2 Å². The largest absolute Gasteiger partial charge is 0.374 e. The van der Waals surface area contributed by atoms with E-state index in [4.69, 9.17) is 5.73 Å². The highest BCUT2D eigenvalue weighted by Crippen LogP contribution is 2.23. The lowest BCUT2D eigenvalue weighted by Gasteiger charge is -1.90. The van der Waals surface area contributed by atoms with Crippen LogP contribution in [-0.4, -0.2) is 22.6 Å². The van der Waals surface area contributed by atoms with Gasteiger partial charge in [0.2, 0.25) is 5.13 Å². The number of nitrogen functional groups attached to an aromatic ring is 1. The first-order chi connectivity index (χ1) is 5.33. The molecule has 0 amide bonds. The van der Waals surface area contributed by atoms with Gasteiger partial charge in [0.1, 0.15) is 0 Å². The van der Waals surface area contributed by atoms with Crippen molar-refractivity contribution < 1.29 is 4.39 Å². The SMILES string of the molecule is Nc1nnc(SCCCF)s1. The van der Waals surface area contributed by atoms with Crippen molar-refractivity contribution in [1.29, 1.82) is 0 Å². The fourth-order valence-corrected chi connectivity index (χ4v) is 2.10. The molecule has 1 aromatic heterocycles. The fraction of sp³-hybridized carbons (Fsp3) is 0.600. The van der Waals surface area contributed by atoms with E-state index in [1.165, 1.54) is 23.1 Å². The molecule has 0 saturated carbocycles. The molecule has 0 aliphatic heterocycles. The molecule has 1 heterocycles. The number of aromatic nitrogens is 2. The zero-order valence-electron chi connectivity index (χ0n) is 5.79. The Bertz CT molecular complexity index is 215. The van der Waals surface area contributed by atoms with Crippen molar-refractivity contribution in [2.24, 2.45) is 0 Å². The maximum absolute atomic E-state index is 11.6. The highest BCUT2D eigenvalue weighted by molar-refractivity contribution is 8.01. The quantitative estimate of drug-likeness (QED) is 0.582. The molecule has 0 aliphatic carbocycles. The van der Waals surface area contributed by atoms with Gasteiger partial charge in [0, 0.05) is 5.75 Å². The second-order valence-corrected chi connectivity index (χ2v) is 4.15. The molecule has 1 rings (SSSR count). The van der Waals surface area contributed by atoms with E-state index in [9.17, 15) is 4.39 Å². The number of halogens is 1. The summed E-state index contributed by atoms with van der Waals surface area (Å²) in [4.78, 5) is 0. The van der Waals surface area contributed by atoms with Crippen LogP contribution in [0.1, 0.15) is 6.42 Å². The van der Waals surface area contributed by atoms with Crippen LogP contribution in [-0.2, 0) is 0 Å². The Labute approximate surface area is 72.2 Å². The summed E-state index contributed by atoms with van der Waals surface area (Å²) in [6.07, 6.45) is 0.560. The average Bonchev–Trinajstić information content (AvgIpc) is 2.37. The van der Waals surface area contributed by atoms with E-state index < -0.39 is 0 Å². The molecule has 0 radical (unpaired) electrons. The van der Waals surface area contributed by atoms with Gasteiger partial charge in [0.05, 0.1) is 6.67 Å². The van der Waals surface area contributed by atoms with E-state index in [1.54, 1.807) is 0 Å². The monoisotopic (exact) mass is 193 g/mol.